The second kappa shape index (κ2) is 5.57. The summed E-state index contributed by atoms with van der Waals surface area (Å²) in [4.78, 5) is 0. The maximum atomic E-state index is 10.7. The van der Waals surface area contributed by atoms with Crippen LogP contribution in [0.1, 0.15) is 26.2 Å². The van der Waals surface area contributed by atoms with Gasteiger partial charge in [-0.25, -0.2) is 8.42 Å². The van der Waals surface area contributed by atoms with Gasteiger partial charge in [0.15, 0.2) is 0 Å². The fourth-order valence-electron chi connectivity index (χ4n) is 0.668. The van der Waals surface area contributed by atoms with Gasteiger partial charge in [0.1, 0.15) is 0 Å². The van der Waals surface area contributed by atoms with Crippen LogP contribution in [-0.4, -0.2) is 26.9 Å². The van der Waals surface area contributed by atoms with E-state index in [-0.39, 0.29) is 5.75 Å². The zero-order chi connectivity index (χ0) is 8.74. The number of hydrogen-bond donors (Lipinski definition) is 1. The molecule has 11 heavy (non-hydrogen) atoms. The highest BCUT2D eigenvalue weighted by Gasteiger charge is 2.09. The average Bonchev–Trinajstić information content (AvgIpc) is 1.87. The van der Waals surface area contributed by atoms with Crippen molar-refractivity contribution in [2.45, 2.75) is 26.2 Å². The maximum absolute atomic E-state index is 10.7. The molecular formula is C5H13BO4S. The van der Waals surface area contributed by atoms with Crippen LogP contribution in [-0.2, 0) is 14.2 Å². The fourth-order valence-corrected chi connectivity index (χ4v) is 1.50. The zero-order valence-corrected chi connectivity index (χ0v) is 7.43. The second-order valence-electron chi connectivity index (χ2n) is 2.22. The van der Waals surface area contributed by atoms with Crippen molar-refractivity contribution < 1.29 is 17.5 Å². The highest BCUT2D eigenvalue weighted by molar-refractivity contribution is 7.87. The molecule has 0 saturated heterocycles. The second-order valence-corrected chi connectivity index (χ2v) is 3.98. The summed E-state index contributed by atoms with van der Waals surface area (Å²) in [6.45, 7) is 1.99. The molecule has 0 aromatic rings. The first-order chi connectivity index (χ1) is 5.12. The average molecular weight is 180 g/mol. The van der Waals surface area contributed by atoms with Gasteiger partial charge in [0.05, 0.1) is 5.75 Å². The summed E-state index contributed by atoms with van der Waals surface area (Å²) >= 11 is 0. The van der Waals surface area contributed by atoms with Crippen molar-refractivity contribution in [3.63, 3.8) is 0 Å². The maximum Gasteiger partial charge on any atom is 0.452 e. The lowest BCUT2D eigenvalue weighted by Gasteiger charge is -2.00. The molecule has 0 bridgehead atoms. The highest BCUT2D eigenvalue weighted by atomic mass is 32.2. The monoisotopic (exact) mass is 180 g/mol. The van der Waals surface area contributed by atoms with Crippen LogP contribution in [0.3, 0.4) is 0 Å². The van der Waals surface area contributed by atoms with E-state index in [4.69, 9.17) is 5.02 Å². The molecule has 0 aromatic heterocycles. The van der Waals surface area contributed by atoms with Crippen LogP contribution >= 0.6 is 0 Å². The lowest BCUT2D eigenvalue weighted by Crippen LogP contribution is -2.13. The van der Waals surface area contributed by atoms with E-state index in [1.807, 2.05) is 6.92 Å². The summed E-state index contributed by atoms with van der Waals surface area (Å²) in [7, 11) is -4.21. The molecule has 6 heteroatoms. The van der Waals surface area contributed by atoms with Gasteiger partial charge < -0.3 is 9.12 Å². The first kappa shape index (κ1) is 10.9. The molecule has 0 unspecified atom stereocenters. The molecule has 0 fully saturated rings. The Morgan fingerprint density at radius 1 is 1.45 bits per heavy atom. The van der Waals surface area contributed by atoms with E-state index in [1.165, 1.54) is 0 Å². The molecule has 0 aliphatic rings. The van der Waals surface area contributed by atoms with Crippen LogP contribution in [0.25, 0.3) is 0 Å². The lowest BCUT2D eigenvalue weighted by molar-refractivity contribution is 0.434. The van der Waals surface area contributed by atoms with Gasteiger partial charge >= 0.3 is 7.69 Å². The van der Waals surface area contributed by atoms with E-state index >= 15 is 0 Å². The summed E-state index contributed by atoms with van der Waals surface area (Å²) in [5.74, 6) is 0.00139. The van der Waals surface area contributed by atoms with Crippen molar-refractivity contribution in [3.05, 3.63) is 0 Å². The number of hydrogen-bond acceptors (Lipinski definition) is 4. The standard InChI is InChI=1S/C5H13BO4S/c1-2-3-4-5-11(8,9)10-6-7/h6-7H,2-5H2,1H3. The van der Waals surface area contributed by atoms with Crippen LogP contribution in [0.2, 0.25) is 0 Å². The van der Waals surface area contributed by atoms with Crippen LogP contribution in [0, 0.1) is 0 Å². The minimum Gasteiger partial charge on any atom is -0.429 e. The van der Waals surface area contributed by atoms with E-state index in [0.717, 1.165) is 12.8 Å². The van der Waals surface area contributed by atoms with Gasteiger partial charge in [-0.2, -0.15) is 0 Å². The van der Waals surface area contributed by atoms with E-state index in [1.54, 1.807) is 0 Å². The van der Waals surface area contributed by atoms with Crippen molar-refractivity contribution in [2.24, 2.45) is 0 Å². The van der Waals surface area contributed by atoms with Crippen molar-refractivity contribution in [1.82, 2.24) is 0 Å². The van der Waals surface area contributed by atoms with Gasteiger partial charge in [-0.1, -0.05) is 19.8 Å². The molecule has 66 valence electrons. The first-order valence-corrected chi connectivity index (χ1v) is 5.18. The summed E-state index contributed by atoms with van der Waals surface area (Å²) in [6, 6.07) is 0. The molecule has 1 N–H and O–H groups in total. The number of unbranched alkanes of at least 4 members (excludes halogenated alkanes) is 2. The van der Waals surface area contributed by atoms with Crippen molar-refractivity contribution in [3.8, 4) is 0 Å². The Morgan fingerprint density at radius 2 is 2.09 bits per heavy atom. The Balaban J connectivity index is 3.56. The zero-order valence-electron chi connectivity index (χ0n) is 6.62. The van der Waals surface area contributed by atoms with E-state index in [9.17, 15) is 8.42 Å². The SMILES string of the molecule is CCCCCS(=O)(=O)OBO. The highest BCUT2D eigenvalue weighted by Crippen LogP contribution is 1.99. The Kier molecular flexibility index (Phi) is 5.54. The van der Waals surface area contributed by atoms with E-state index in [2.05, 4.69) is 4.10 Å². The summed E-state index contributed by atoms with van der Waals surface area (Å²) < 4.78 is 25.5. The minimum atomic E-state index is -3.45. The quantitative estimate of drug-likeness (QED) is 0.453. The fraction of sp³-hybridized carbons (Fsp3) is 1.00. The van der Waals surface area contributed by atoms with E-state index < -0.39 is 17.8 Å². The Labute approximate surface area is 68.0 Å². The third kappa shape index (κ3) is 6.34. The molecule has 4 nitrogen and oxygen atoms in total. The minimum absolute atomic E-state index is 0.00139. The van der Waals surface area contributed by atoms with Crippen LogP contribution in [0.4, 0.5) is 0 Å². The molecule has 0 aromatic carbocycles. The smallest absolute Gasteiger partial charge is 0.429 e. The summed E-state index contributed by atoms with van der Waals surface area (Å²) in [5, 5.41) is 8.16. The molecule has 0 rings (SSSR count). The number of rotatable bonds is 6. The largest absolute Gasteiger partial charge is 0.452 e. The molecule has 0 aliphatic carbocycles. The van der Waals surface area contributed by atoms with E-state index in [0.29, 0.717) is 6.42 Å². The predicted octanol–water partition coefficient (Wildman–Crippen LogP) is -0.218. The van der Waals surface area contributed by atoms with Gasteiger partial charge in [-0.3, -0.25) is 0 Å². The molecule has 0 heterocycles. The van der Waals surface area contributed by atoms with Crippen LogP contribution in [0.15, 0.2) is 0 Å². The predicted molar refractivity (Wildman–Crippen MR) is 43.8 cm³/mol. The molecular weight excluding hydrogens is 167 g/mol. The normalized spacial score (nSPS) is 11.5. The molecule has 0 spiro atoms. The van der Waals surface area contributed by atoms with Crippen LogP contribution in [0.5, 0.6) is 0 Å². The Morgan fingerprint density at radius 3 is 2.55 bits per heavy atom. The van der Waals surface area contributed by atoms with Crippen molar-refractivity contribution in [1.29, 1.82) is 0 Å². The molecule has 0 saturated carbocycles. The topological polar surface area (TPSA) is 63.6 Å². The third-order valence-corrected chi connectivity index (χ3v) is 2.48. The Hall–Kier alpha value is -0.0651. The van der Waals surface area contributed by atoms with Gasteiger partial charge in [0.2, 0.25) is 0 Å². The summed E-state index contributed by atoms with van der Waals surface area (Å²) in [6.07, 6.45) is 2.43. The lowest BCUT2D eigenvalue weighted by atomic mass is 10.3. The van der Waals surface area contributed by atoms with Gasteiger partial charge in [0, 0.05) is 0 Å². The van der Waals surface area contributed by atoms with Gasteiger partial charge in [0.25, 0.3) is 10.1 Å². The van der Waals surface area contributed by atoms with Gasteiger partial charge in [-0.05, 0) is 6.42 Å². The third-order valence-electron chi connectivity index (χ3n) is 1.23. The first-order valence-electron chi connectivity index (χ1n) is 3.60. The molecule has 0 radical (unpaired) electrons. The molecule has 0 atom stereocenters. The van der Waals surface area contributed by atoms with Crippen molar-refractivity contribution >= 4 is 17.8 Å². The molecule has 0 aliphatic heterocycles. The molecule has 0 amide bonds. The summed E-state index contributed by atoms with van der Waals surface area (Å²) in [5.41, 5.74) is 0. The Bertz CT molecular complexity index is 177. The van der Waals surface area contributed by atoms with Gasteiger partial charge in [-0.15, -0.1) is 0 Å². The van der Waals surface area contributed by atoms with Crippen LogP contribution < -0.4 is 0 Å². The van der Waals surface area contributed by atoms with Crippen molar-refractivity contribution in [2.75, 3.05) is 5.75 Å².